The molecule has 1 aliphatic carbocycles. The number of fused-ring (bicyclic) bond motifs is 3. The molecule has 0 radical (unpaired) electrons. The lowest BCUT2D eigenvalue weighted by Crippen LogP contribution is -2.35. The molecule has 0 fully saturated rings. The maximum absolute atomic E-state index is 13.3. The highest BCUT2D eigenvalue weighted by Crippen LogP contribution is 2.40. The third kappa shape index (κ3) is 3.19. The highest BCUT2D eigenvalue weighted by molar-refractivity contribution is 5.94. The van der Waals surface area contributed by atoms with Gasteiger partial charge in [-0.3, -0.25) is 4.79 Å². The van der Waals surface area contributed by atoms with Crippen LogP contribution in [0.1, 0.15) is 50.3 Å². The Bertz CT molecular complexity index is 780. The molecular weight excluding hydrogens is 330 g/mol. The summed E-state index contributed by atoms with van der Waals surface area (Å²) in [5, 5.41) is 1.04. The molecule has 2 aromatic rings. The topological polar surface area (TPSA) is 34.5 Å². The van der Waals surface area contributed by atoms with E-state index >= 15 is 0 Å². The Morgan fingerprint density at radius 3 is 2.73 bits per heavy atom. The predicted molar refractivity (Wildman–Crippen MR) is 103 cm³/mol. The summed E-state index contributed by atoms with van der Waals surface area (Å²) in [7, 11) is 1.65. The molecule has 0 saturated carbocycles. The Morgan fingerprint density at radius 1 is 1.31 bits per heavy atom. The molecule has 1 aromatic carbocycles. The van der Waals surface area contributed by atoms with Crippen molar-refractivity contribution >= 4 is 16.8 Å². The van der Waals surface area contributed by atoms with Crippen molar-refractivity contribution in [2.24, 2.45) is 0 Å². The first-order valence-corrected chi connectivity index (χ1v) is 9.69. The molecule has 142 valence electrons. The molecule has 4 nitrogen and oxygen atoms in total. The average molecular weight is 359 g/mol. The first-order chi connectivity index (χ1) is 12.7. The van der Waals surface area contributed by atoms with Crippen molar-refractivity contribution in [1.82, 2.24) is 9.47 Å². The number of likely N-dealkylation sites (N-methyl/N-ethyl adjacent to an activating group) is 1. The minimum atomic E-state index is -0.406. The van der Waals surface area contributed by atoms with Crippen LogP contribution in [0.4, 0.5) is 4.39 Å². The second-order valence-electron chi connectivity index (χ2n) is 6.89. The van der Waals surface area contributed by atoms with E-state index in [0.717, 1.165) is 53.6 Å². The third-order valence-corrected chi connectivity index (χ3v) is 5.61. The smallest absolute Gasteiger partial charge is 0.230 e. The lowest BCUT2D eigenvalue weighted by Gasteiger charge is -2.25. The van der Waals surface area contributed by atoms with Gasteiger partial charge in [0.25, 0.3) is 0 Å². The van der Waals surface area contributed by atoms with Gasteiger partial charge in [-0.25, -0.2) is 4.39 Å². The minimum Gasteiger partial charge on any atom is -0.497 e. The Kier molecular flexibility index (Phi) is 5.84. The summed E-state index contributed by atoms with van der Waals surface area (Å²) in [6, 6.07) is 5.92. The Hall–Kier alpha value is -2.04. The number of hydrogen-bond acceptors (Lipinski definition) is 2. The van der Waals surface area contributed by atoms with Crippen LogP contribution in [0.25, 0.3) is 10.9 Å². The minimum absolute atomic E-state index is 0.150. The van der Waals surface area contributed by atoms with Crippen LogP contribution in [-0.2, 0) is 17.8 Å². The van der Waals surface area contributed by atoms with Gasteiger partial charge in [0.05, 0.1) is 19.6 Å². The highest BCUT2D eigenvalue weighted by atomic mass is 18.2. The summed E-state index contributed by atoms with van der Waals surface area (Å²) in [5.74, 6) is 0.819. The van der Waals surface area contributed by atoms with Gasteiger partial charge in [-0.1, -0.05) is 6.42 Å². The molecule has 0 N–H and O–H groups in total. The molecule has 0 aliphatic heterocycles. The van der Waals surface area contributed by atoms with Crippen LogP contribution in [0.15, 0.2) is 18.2 Å². The zero-order valence-electron chi connectivity index (χ0n) is 16.1. The van der Waals surface area contributed by atoms with Crippen molar-refractivity contribution in [1.29, 1.82) is 0 Å². The molecule has 5 heteroatoms. The van der Waals surface area contributed by atoms with Crippen molar-refractivity contribution in [3.8, 4) is 5.75 Å². The number of alkyl halides is 1. The third-order valence-electron chi connectivity index (χ3n) is 5.61. The summed E-state index contributed by atoms with van der Waals surface area (Å²) in [6.45, 7) is 5.41. The van der Waals surface area contributed by atoms with Crippen LogP contribution in [0, 0.1) is 0 Å². The summed E-state index contributed by atoms with van der Waals surface area (Å²) >= 11 is 0. The van der Waals surface area contributed by atoms with E-state index in [9.17, 15) is 9.18 Å². The fourth-order valence-electron chi connectivity index (χ4n) is 4.33. The van der Waals surface area contributed by atoms with Gasteiger partial charge in [0.15, 0.2) is 0 Å². The lowest BCUT2D eigenvalue weighted by atomic mass is 9.92. The number of hydrogen-bond donors (Lipinski definition) is 0. The van der Waals surface area contributed by atoms with E-state index in [1.54, 1.807) is 7.11 Å². The van der Waals surface area contributed by atoms with E-state index in [-0.39, 0.29) is 11.8 Å². The second kappa shape index (κ2) is 8.11. The Labute approximate surface area is 154 Å². The summed E-state index contributed by atoms with van der Waals surface area (Å²) in [4.78, 5) is 15.2. The van der Waals surface area contributed by atoms with Gasteiger partial charge in [0.2, 0.25) is 5.91 Å². The highest BCUT2D eigenvalue weighted by Gasteiger charge is 2.32. The second-order valence-corrected chi connectivity index (χ2v) is 6.89. The molecule has 1 amide bonds. The molecule has 1 heterocycles. The number of aromatic nitrogens is 1. The molecule has 1 aromatic heterocycles. The molecule has 0 spiro atoms. The van der Waals surface area contributed by atoms with Gasteiger partial charge in [-0.15, -0.1) is 0 Å². The van der Waals surface area contributed by atoms with Gasteiger partial charge in [-0.05, 0) is 56.9 Å². The lowest BCUT2D eigenvalue weighted by molar-refractivity contribution is -0.132. The quantitative estimate of drug-likeness (QED) is 0.721. The van der Waals surface area contributed by atoms with Gasteiger partial charge >= 0.3 is 0 Å². The van der Waals surface area contributed by atoms with Gasteiger partial charge in [0, 0.05) is 29.7 Å². The molecular formula is C21H29FN2O2. The molecule has 1 unspecified atom stereocenters. The van der Waals surface area contributed by atoms with E-state index in [1.807, 2.05) is 36.9 Å². The number of nitrogens with zero attached hydrogens (tertiary/aromatic N) is 2. The van der Waals surface area contributed by atoms with E-state index in [4.69, 9.17) is 4.74 Å². The van der Waals surface area contributed by atoms with Crippen LogP contribution in [0.2, 0.25) is 0 Å². The number of halogens is 1. The van der Waals surface area contributed by atoms with Crippen molar-refractivity contribution in [3.05, 3.63) is 29.5 Å². The van der Waals surface area contributed by atoms with Crippen LogP contribution < -0.4 is 4.74 Å². The predicted octanol–water partition coefficient (Wildman–Crippen LogP) is 4.30. The van der Waals surface area contributed by atoms with Gasteiger partial charge in [-0.2, -0.15) is 0 Å². The Balaban J connectivity index is 2.22. The molecule has 0 saturated heterocycles. The fourth-order valence-corrected chi connectivity index (χ4v) is 4.33. The van der Waals surface area contributed by atoms with Crippen LogP contribution in [-0.4, -0.2) is 42.2 Å². The average Bonchev–Trinajstić information content (AvgIpc) is 2.82. The van der Waals surface area contributed by atoms with Crippen molar-refractivity contribution in [2.75, 3.05) is 26.9 Å². The van der Waals surface area contributed by atoms with Crippen molar-refractivity contribution in [2.45, 2.75) is 52.0 Å². The van der Waals surface area contributed by atoms with Crippen molar-refractivity contribution in [3.63, 3.8) is 0 Å². The number of carbonyl (C=O) groups excluding carboxylic acids is 1. The zero-order chi connectivity index (χ0) is 18.7. The van der Waals surface area contributed by atoms with Crippen LogP contribution in [0.5, 0.6) is 5.75 Å². The van der Waals surface area contributed by atoms with Gasteiger partial charge in [0.1, 0.15) is 12.4 Å². The Morgan fingerprint density at radius 2 is 2.08 bits per heavy atom. The number of aryl methyl sites for hydroxylation is 1. The molecule has 0 bridgehead atoms. The summed E-state index contributed by atoms with van der Waals surface area (Å²) in [6.07, 6.45) is 3.81. The molecule has 1 aliphatic rings. The number of methoxy groups -OCH3 is 1. The monoisotopic (exact) mass is 359 g/mol. The van der Waals surface area contributed by atoms with E-state index in [1.165, 1.54) is 0 Å². The number of carbonyl (C=O) groups is 1. The molecule has 1 atom stereocenters. The summed E-state index contributed by atoms with van der Waals surface area (Å²) in [5.41, 5.74) is 3.24. The number of rotatable bonds is 6. The van der Waals surface area contributed by atoms with E-state index in [2.05, 4.69) is 4.57 Å². The van der Waals surface area contributed by atoms with Gasteiger partial charge < -0.3 is 14.2 Å². The number of benzene rings is 1. The normalized spacial score (nSPS) is 17.0. The number of amides is 1. The fraction of sp³-hybridized carbons (Fsp3) is 0.571. The number of ether oxygens (including phenoxy) is 1. The molecule has 3 rings (SSSR count). The van der Waals surface area contributed by atoms with Crippen molar-refractivity contribution < 1.29 is 13.9 Å². The van der Waals surface area contributed by atoms with Crippen LogP contribution >= 0.6 is 0 Å². The molecule has 26 heavy (non-hydrogen) atoms. The van der Waals surface area contributed by atoms with E-state index in [0.29, 0.717) is 19.6 Å². The standard InChI is InChI=1S/C21H29FN2O2/c1-4-23(5-2)21(25)16-8-6-7-9-19-20(16)17-14-15(26-3)10-11-18(17)24(19)13-12-22/h10-11,14,16H,4-9,12-13H2,1-3H3/i22-1. The maximum atomic E-state index is 13.3. The van der Waals surface area contributed by atoms with Crippen LogP contribution in [0.3, 0.4) is 0 Å². The SMILES string of the molecule is CCN(CC)C(=O)C1CCCCc2c1c1cc(OC)ccc1n2CC[18F]. The maximum Gasteiger partial charge on any atom is 0.230 e. The zero-order valence-corrected chi connectivity index (χ0v) is 16.1. The largest absolute Gasteiger partial charge is 0.497 e. The van der Waals surface area contributed by atoms with E-state index < -0.39 is 6.67 Å². The summed E-state index contributed by atoms with van der Waals surface area (Å²) < 4.78 is 20.8. The first-order valence-electron chi connectivity index (χ1n) is 9.69. The first kappa shape index (κ1) is 18.7.